The smallest absolute Gasteiger partial charge is 0.220 e. The number of halogens is 1. The molecular formula is C12H16ClN5. The summed E-state index contributed by atoms with van der Waals surface area (Å²) in [4.78, 5) is 6.67. The predicted molar refractivity (Wildman–Crippen MR) is 74.6 cm³/mol. The molecule has 18 heavy (non-hydrogen) atoms. The minimum atomic E-state index is 0.502. The maximum Gasteiger partial charge on any atom is 0.220 e. The van der Waals surface area contributed by atoms with E-state index in [1.165, 1.54) is 0 Å². The Kier molecular flexibility index (Phi) is 2.80. The van der Waals surface area contributed by atoms with Crippen molar-refractivity contribution >= 4 is 28.6 Å². The van der Waals surface area contributed by atoms with Crippen LogP contribution in [0.5, 0.6) is 0 Å². The summed E-state index contributed by atoms with van der Waals surface area (Å²) in [6.45, 7) is 3.89. The van der Waals surface area contributed by atoms with Crippen molar-refractivity contribution in [3.8, 4) is 0 Å². The van der Waals surface area contributed by atoms with Gasteiger partial charge in [0.2, 0.25) is 5.95 Å². The van der Waals surface area contributed by atoms with Crippen LogP contribution in [0.3, 0.4) is 0 Å². The van der Waals surface area contributed by atoms with Crippen LogP contribution in [0.15, 0.2) is 18.2 Å². The van der Waals surface area contributed by atoms with Crippen molar-refractivity contribution in [3.63, 3.8) is 0 Å². The zero-order chi connectivity index (χ0) is 12.7. The summed E-state index contributed by atoms with van der Waals surface area (Å²) in [5.41, 5.74) is 7.78. The fourth-order valence-electron chi connectivity index (χ4n) is 2.37. The molecule has 0 bridgehead atoms. The van der Waals surface area contributed by atoms with Crippen molar-refractivity contribution in [2.75, 3.05) is 44.0 Å². The summed E-state index contributed by atoms with van der Waals surface area (Å²) in [5, 5.41) is 2.90. The number of para-hydroxylation sites is 1. The van der Waals surface area contributed by atoms with Gasteiger partial charge >= 0.3 is 0 Å². The number of piperazine rings is 1. The van der Waals surface area contributed by atoms with Gasteiger partial charge in [0.1, 0.15) is 5.52 Å². The molecule has 2 heterocycles. The number of likely N-dealkylation sites (N-methyl/N-ethyl adjacent to an activating group) is 1. The van der Waals surface area contributed by atoms with E-state index in [0.717, 1.165) is 37.2 Å². The summed E-state index contributed by atoms with van der Waals surface area (Å²) in [6.07, 6.45) is 0. The summed E-state index contributed by atoms with van der Waals surface area (Å²) >= 11 is 6.27. The topological polar surface area (TPSA) is 50.3 Å². The molecular weight excluding hydrogens is 250 g/mol. The van der Waals surface area contributed by atoms with E-state index >= 15 is 0 Å². The molecule has 0 spiro atoms. The minimum Gasteiger partial charge on any atom is -0.368 e. The molecule has 5 nitrogen and oxygen atoms in total. The predicted octanol–water partition coefficient (Wildman–Crippen LogP) is 1.16. The van der Waals surface area contributed by atoms with Crippen LogP contribution in [0.25, 0.3) is 11.0 Å². The molecule has 0 saturated carbocycles. The SMILES string of the molecule is CN1CCN(n2c(N)nc3cccc(Cl)c32)CC1. The number of hydrogen-bond acceptors (Lipinski definition) is 4. The number of hydrogen-bond donors (Lipinski definition) is 1. The summed E-state index contributed by atoms with van der Waals surface area (Å²) in [6, 6.07) is 5.70. The third-order valence-corrected chi connectivity index (χ3v) is 3.70. The lowest BCUT2D eigenvalue weighted by Crippen LogP contribution is -2.50. The Morgan fingerprint density at radius 1 is 1.22 bits per heavy atom. The van der Waals surface area contributed by atoms with Crippen LogP contribution in [0.1, 0.15) is 0 Å². The minimum absolute atomic E-state index is 0.502. The maximum absolute atomic E-state index is 6.27. The van der Waals surface area contributed by atoms with E-state index in [1.807, 2.05) is 22.9 Å². The van der Waals surface area contributed by atoms with Gasteiger partial charge in [-0.2, -0.15) is 0 Å². The quantitative estimate of drug-likeness (QED) is 0.841. The van der Waals surface area contributed by atoms with Crippen LogP contribution in [-0.2, 0) is 0 Å². The fourth-order valence-corrected chi connectivity index (χ4v) is 2.62. The van der Waals surface area contributed by atoms with Gasteiger partial charge in [-0.05, 0) is 19.2 Å². The first-order chi connectivity index (χ1) is 8.66. The highest BCUT2D eigenvalue weighted by atomic mass is 35.5. The van der Waals surface area contributed by atoms with E-state index < -0.39 is 0 Å². The van der Waals surface area contributed by atoms with E-state index in [4.69, 9.17) is 17.3 Å². The molecule has 0 aliphatic carbocycles. The van der Waals surface area contributed by atoms with Crippen molar-refractivity contribution in [1.82, 2.24) is 14.6 Å². The first kappa shape index (κ1) is 11.6. The van der Waals surface area contributed by atoms with Gasteiger partial charge < -0.3 is 15.6 Å². The Morgan fingerprint density at radius 3 is 2.67 bits per heavy atom. The van der Waals surface area contributed by atoms with Gasteiger partial charge in [-0.25, -0.2) is 9.66 Å². The number of imidazole rings is 1. The Balaban J connectivity index is 2.08. The number of anilines is 1. The van der Waals surface area contributed by atoms with E-state index in [-0.39, 0.29) is 0 Å². The summed E-state index contributed by atoms with van der Waals surface area (Å²) < 4.78 is 1.95. The maximum atomic E-state index is 6.27. The average molecular weight is 266 g/mol. The number of nitrogens with zero attached hydrogens (tertiary/aromatic N) is 4. The van der Waals surface area contributed by atoms with Crippen molar-refractivity contribution in [2.45, 2.75) is 0 Å². The number of fused-ring (bicyclic) bond motifs is 1. The molecule has 96 valence electrons. The third-order valence-electron chi connectivity index (χ3n) is 3.39. The molecule has 2 aromatic rings. The second-order valence-corrected chi connectivity index (χ2v) is 5.05. The molecule has 2 N–H and O–H groups in total. The van der Waals surface area contributed by atoms with Gasteiger partial charge in [-0.3, -0.25) is 0 Å². The van der Waals surface area contributed by atoms with E-state index in [2.05, 4.69) is 21.9 Å². The van der Waals surface area contributed by atoms with Crippen molar-refractivity contribution in [2.24, 2.45) is 0 Å². The van der Waals surface area contributed by atoms with Gasteiger partial charge in [-0.1, -0.05) is 17.7 Å². The molecule has 0 atom stereocenters. The lowest BCUT2D eigenvalue weighted by molar-refractivity contribution is 0.290. The number of nitrogen functional groups attached to an aromatic ring is 1. The van der Waals surface area contributed by atoms with Crippen molar-refractivity contribution in [1.29, 1.82) is 0 Å². The van der Waals surface area contributed by atoms with Crippen LogP contribution in [0.2, 0.25) is 5.02 Å². The van der Waals surface area contributed by atoms with E-state index in [0.29, 0.717) is 11.0 Å². The standard InChI is InChI=1S/C12H16ClN5/c1-16-5-7-17(8-6-16)18-11-9(13)3-2-4-10(11)15-12(18)14/h2-4H,5-8H2,1H3,(H2,14,15). The molecule has 1 aromatic carbocycles. The number of benzene rings is 1. The van der Waals surface area contributed by atoms with Crippen molar-refractivity contribution < 1.29 is 0 Å². The fraction of sp³-hybridized carbons (Fsp3) is 0.417. The van der Waals surface area contributed by atoms with Gasteiger partial charge in [0, 0.05) is 26.2 Å². The van der Waals surface area contributed by atoms with Crippen LogP contribution < -0.4 is 10.7 Å². The second-order valence-electron chi connectivity index (χ2n) is 4.65. The highest BCUT2D eigenvalue weighted by Gasteiger charge is 2.20. The molecule has 1 aliphatic heterocycles. The van der Waals surface area contributed by atoms with Crippen LogP contribution >= 0.6 is 11.6 Å². The molecule has 1 fully saturated rings. The first-order valence-corrected chi connectivity index (χ1v) is 6.41. The van der Waals surface area contributed by atoms with E-state index in [9.17, 15) is 0 Å². The molecule has 0 amide bonds. The zero-order valence-electron chi connectivity index (χ0n) is 10.3. The van der Waals surface area contributed by atoms with Gasteiger partial charge in [0.25, 0.3) is 0 Å². The Labute approximate surface area is 111 Å². The molecule has 6 heteroatoms. The molecule has 1 aliphatic rings. The highest BCUT2D eigenvalue weighted by Crippen LogP contribution is 2.26. The largest absolute Gasteiger partial charge is 0.368 e. The monoisotopic (exact) mass is 265 g/mol. The molecule has 0 radical (unpaired) electrons. The summed E-state index contributed by atoms with van der Waals surface area (Å²) in [5.74, 6) is 0.502. The first-order valence-electron chi connectivity index (χ1n) is 6.03. The van der Waals surface area contributed by atoms with Crippen LogP contribution in [0, 0.1) is 0 Å². The van der Waals surface area contributed by atoms with Gasteiger partial charge in [0.15, 0.2) is 0 Å². The Morgan fingerprint density at radius 2 is 1.94 bits per heavy atom. The molecule has 0 unspecified atom stereocenters. The Bertz CT molecular complexity index is 571. The lowest BCUT2D eigenvalue weighted by atomic mass is 10.3. The van der Waals surface area contributed by atoms with Crippen molar-refractivity contribution in [3.05, 3.63) is 23.2 Å². The number of rotatable bonds is 1. The number of nitrogens with two attached hydrogens (primary N) is 1. The number of aromatic nitrogens is 2. The molecule has 1 saturated heterocycles. The van der Waals surface area contributed by atoms with Gasteiger partial charge in [0.05, 0.1) is 10.5 Å². The molecule has 3 rings (SSSR count). The third kappa shape index (κ3) is 1.79. The van der Waals surface area contributed by atoms with E-state index in [1.54, 1.807) is 0 Å². The highest BCUT2D eigenvalue weighted by molar-refractivity contribution is 6.35. The van der Waals surface area contributed by atoms with Crippen LogP contribution in [-0.4, -0.2) is 47.8 Å². The summed E-state index contributed by atoms with van der Waals surface area (Å²) in [7, 11) is 2.12. The normalized spacial score (nSPS) is 17.6. The van der Waals surface area contributed by atoms with Gasteiger partial charge in [-0.15, -0.1) is 0 Å². The molecule has 1 aromatic heterocycles. The lowest BCUT2D eigenvalue weighted by Gasteiger charge is -2.35. The average Bonchev–Trinajstić information content (AvgIpc) is 2.68. The zero-order valence-corrected chi connectivity index (χ0v) is 11.1. The second kappa shape index (κ2) is 4.33. The Hall–Kier alpha value is -1.46. The van der Waals surface area contributed by atoms with Crippen LogP contribution in [0.4, 0.5) is 5.95 Å².